The third kappa shape index (κ3) is 1.40. The second-order valence-electron chi connectivity index (χ2n) is 2.99. The van der Waals surface area contributed by atoms with Crippen molar-refractivity contribution in [1.29, 1.82) is 0 Å². The Labute approximate surface area is 76.3 Å². The monoisotopic (exact) mass is 183 g/mol. The molecule has 2 heterocycles. The average molecular weight is 183 g/mol. The first kappa shape index (κ1) is 8.23. The molecule has 0 radical (unpaired) electrons. The first-order chi connectivity index (χ1) is 5.92. The lowest BCUT2D eigenvalue weighted by molar-refractivity contribution is 0.0395. The van der Waals surface area contributed by atoms with Gasteiger partial charge >= 0.3 is 0 Å². The van der Waals surface area contributed by atoms with Gasteiger partial charge in [-0.05, 0) is 30.0 Å². The minimum atomic E-state index is 0.269. The Morgan fingerprint density at radius 2 is 2.58 bits per heavy atom. The van der Waals surface area contributed by atoms with Crippen LogP contribution >= 0.6 is 11.3 Å². The molecular weight excluding hydrogens is 170 g/mol. The molecular formula is C9H13NOS. The molecule has 3 heteroatoms. The molecule has 1 unspecified atom stereocenters. The van der Waals surface area contributed by atoms with Crippen LogP contribution in [0.1, 0.15) is 23.0 Å². The van der Waals surface area contributed by atoms with Gasteiger partial charge in [-0.3, -0.25) is 0 Å². The standard InChI is InChI=1S/C9H13NOS/c10-4-1-8-7-3-6-12-9(7)2-5-11-8/h3,6,8H,1-2,4-5,10H2. The molecule has 0 spiro atoms. The molecule has 2 N–H and O–H groups in total. The minimum absolute atomic E-state index is 0.269. The Morgan fingerprint density at radius 3 is 3.42 bits per heavy atom. The maximum Gasteiger partial charge on any atom is 0.0847 e. The Hall–Kier alpha value is -0.380. The molecule has 12 heavy (non-hydrogen) atoms. The lowest BCUT2D eigenvalue weighted by Gasteiger charge is -2.22. The Kier molecular flexibility index (Phi) is 2.44. The Bertz CT molecular complexity index is 259. The predicted octanol–water partition coefficient (Wildman–Crippen LogP) is 1.71. The van der Waals surface area contributed by atoms with E-state index in [1.54, 1.807) is 0 Å². The third-order valence-corrected chi connectivity index (χ3v) is 3.20. The lowest BCUT2D eigenvalue weighted by Crippen LogP contribution is -2.17. The number of thiophene rings is 1. The minimum Gasteiger partial charge on any atom is -0.373 e. The normalized spacial score (nSPS) is 22.2. The Balaban J connectivity index is 2.19. The quantitative estimate of drug-likeness (QED) is 0.757. The highest BCUT2D eigenvalue weighted by molar-refractivity contribution is 7.10. The number of rotatable bonds is 2. The van der Waals surface area contributed by atoms with Gasteiger partial charge in [-0.2, -0.15) is 0 Å². The van der Waals surface area contributed by atoms with E-state index in [2.05, 4.69) is 11.4 Å². The smallest absolute Gasteiger partial charge is 0.0847 e. The summed E-state index contributed by atoms with van der Waals surface area (Å²) in [5, 5.41) is 2.14. The van der Waals surface area contributed by atoms with Crippen LogP contribution in [-0.2, 0) is 11.2 Å². The first-order valence-corrected chi connectivity index (χ1v) is 5.17. The fourth-order valence-electron chi connectivity index (χ4n) is 1.61. The van der Waals surface area contributed by atoms with Crippen LogP contribution in [0.15, 0.2) is 11.4 Å². The van der Waals surface area contributed by atoms with Crippen molar-refractivity contribution in [3.05, 3.63) is 21.9 Å². The van der Waals surface area contributed by atoms with Gasteiger partial charge in [-0.25, -0.2) is 0 Å². The Morgan fingerprint density at radius 1 is 1.67 bits per heavy atom. The number of nitrogens with two attached hydrogens (primary N) is 1. The van der Waals surface area contributed by atoms with Gasteiger partial charge < -0.3 is 10.5 Å². The molecule has 66 valence electrons. The molecule has 0 fully saturated rings. The van der Waals surface area contributed by atoms with Gasteiger partial charge in [0.25, 0.3) is 0 Å². The van der Waals surface area contributed by atoms with Crippen molar-refractivity contribution in [2.24, 2.45) is 5.73 Å². The molecule has 2 nitrogen and oxygen atoms in total. The van der Waals surface area contributed by atoms with E-state index in [4.69, 9.17) is 10.5 Å². The molecule has 1 aliphatic rings. The number of hydrogen-bond donors (Lipinski definition) is 1. The van der Waals surface area contributed by atoms with Crippen molar-refractivity contribution in [3.63, 3.8) is 0 Å². The molecule has 0 bridgehead atoms. The van der Waals surface area contributed by atoms with Crippen molar-refractivity contribution >= 4 is 11.3 Å². The molecule has 0 aromatic carbocycles. The van der Waals surface area contributed by atoms with Gasteiger partial charge in [0, 0.05) is 11.3 Å². The third-order valence-electron chi connectivity index (χ3n) is 2.20. The van der Waals surface area contributed by atoms with E-state index in [-0.39, 0.29) is 6.10 Å². The van der Waals surface area contributed by atoms with Crippen LogP contribution in [0.4, 0.5) is 0 Å². The summed E-state index contributed by atoms with van der Waals surface area (Å²) in [6, 6.07) is 2.17. The SMILES string of the molecule is NCCC1OCCc2sccc21. The van der Waals surface area contributed by atoms with Crippen LogP contribution in [-0.4, -0.2) is 13.2 Å². The molecule has 0 saturated carbocycles. The molecule has 1 aliphatic heterocycles. The maximum absolute atomic E-state index is 5.63. The number of hydrogen-bond acceptors (Lipinski definition) is 3. The second kappa shape index (κ2) is 3.56. The molecule has 0 aliphatic carbocycles. The van der Waals surface area contributed by atoms with Crippen LogP contribution in [0, 0.1) is 0 Å². The summed E-state index contributed by atoms with van der Waals surface area (Å²) in [6.07, 6.45) is 2.29. The van der Waals surface area contributed by atoms with Crippen molar-refractivity contribution in [1.82, 2.24) is 0 Å². The molecule has 1 atom stereocenters. The van der Waals surface area contributed by atoms with E-state index in [0.29, 0.717) is 6.54 Å². The first-order valence-electron chi connectivity index (χ1n) is 4.29. The summed E-state index contributed by atoms with van der Waals surface area (Å²) >= 11 is 1.83. The largest absolute Gasteiger partial charge is 0.373 e. The zero-order chi connectivity index (χ0) is 8.39. The van der Waals surface area contributed by atoms with Crippen molar-refractivity contribution in [3.8, 4) is 0 Å². The fourth-order valence-corrected chi connectivity index (χ4v) is 2.53. The average Bonchev–Trinajstić information content (AvgIpc) is 2.53. The highest BCUT2D eigenvalue weighted by atomic mass is 32.1. The van der Waals surface area contributed by atoms with E-state index >= 15 is 0 Å². The summed E-state index contributed by atoms with van der Waals surface area (Å²) in [5.74, 6) is 0. The lowest BCUT2D eigenvalue weighted by atomic mass is 10.0. The zero-order valence-electron chi connectivity index (χ0n) is 6.95. The van der Waals surface area contributed by atoms with E-state index in [0.717, 1.165) is 19.4 Å². The molecule has 0 amide bonds. The topological polar surface area (TPSA) is 35.2 Å². The molecule has 0 saturated heterocycles. The van der Waals surface area contributed by atoms with Gasteiger partial charge in [-0.1, -0.05) is 0 Å². The summed E-state index contributed by atoms with van der Waals surface area (Å²) in [5.41, 5.74) is 6.88. The van der Waals surface area contributed by atoms with Gasteiger partial charge in [0.1, 0.15) is 0 Å². The summed E-state index contributed by atoms with van der Waals surface area (Å²) in [6.45, 7) is 1.57. The maximum atomic E-state index is 5.63. The molecule has 1 aromatic rings. The predicted molar refractivity (Wildman–Crippen MR) is 50.4 cm³/mol. The van der Waals surface area contributed by atoms with Gasteiger partial charge in [0.2, 0.25) is 0 Å². The zero-order valence-corrected chi connectivity index (χ0v) is 7.77. The highest BCUT2D eigenvalue weighted by Gasteiger charge is 2.20. The van der Waals surface area contributed by atoms with Crippen LogP contribution in [0.3, 0.4) is 0 Å². The van der Waals surface area contributed by atoms with E-state index < -0.39 is 0 Å². The van der Waals surface area contributed by atoms with Crippen LogP contribution < -0.4 is 5.73 Å². The fraction of sp³-hybridized carbons (Fsp3) is 0.556. The van der Waals surface area contributed by atoms with E-state index in [9.17, 15) is 0 Å². The number of ether oxygens (including phenoxy) is 1. The molecule has 1 aromatic heterocycles. The van der Waals surface area contributed by atoms with Gasteiger partial charge in [-0.15, -0.1) is 11.3 Å². The summed E-state index contributed by atoms with van der Waals surface area (Å²) in [4.78, 5) is 1.49. The molecule has 2 rings (SSSR count). The van der Waals surface area contributed by atoms with Crippen LogP contribution in [0.2, 0.25) is 0 Å². The van der Waals surface area contributed by atoms with Crippen LogP contribution in [0.5, 0.6) is 0 Å². The van der Waals surface area contributed by atoms with Gasteiger partial charge in [0.05, 0.1) is 12.7 Å². The highest BCUT2D eigenvalue weighted by Crippen LogP contribution is 2.32. The van der Waals surface area contributed by atoms with E-state index in [1.807, 2.05) is 11.3 Å². The number of fused-ring (bicyclic) bond motifs is 1. The summed E-state index contributed by atoms with van der Waals surface area (Å²) < 4.78 is 5.63. The van der Waals surface area contributed by atoms with Gasteiger partial charge in [0.15, 0.2) is 0 Å². The van der Waals surface area contributed by atoms with Crippen molar-refractivity contribution in [2.75, 3.05) is 13.2 Å². The summed E-state index contributed by atoms with van der Waals surface area (Å²) in [7, 11) is 0. The van der Waals surface area contributed by atoms with Crippen molar-refractivity contribution < 1.29 is 4.74 Å². The van der Waals surface area contributed by atoms with E-state index in [1.165, 1.54) is 10.4 Å². The second-order valence-corrected chi connectivity index (χ2v) is 3.99. The van der Waals surface area contributed by atoms with Crippen molar-refractivity contribution in [2.45, 2.75) is 18.9 Å². The van der Waals surface area contributed by atoms with Crippen LogP contribution in [0.25, 0.3) is 0 Å².